The molecule has 1 aromatic heterocycles. The molecule has 33 heavy (non-hydrogen) atoms. The highest BCUT2D eigenvalue weighted by molar-refractivity contribution is 7.80. The monoisotopic (exact) mass is 468 g/mol. The number of hydrogen-bond acceptors (Lipinski definition) is 6. The maximum Gasteiger partial charge on any atom is 0.258 e. The number of halogens is 1. The molecule has 0 spiro atoms. The summed E-state index contributed by atoms with van der Waals surface area (Å²) >= 11 is 5.68. The minimum absolute atomic E-state index is 0.324. The Balaban J connectivity index is 1.82. The number of nitrogens with zero attached hydrogens (tertiary/aromatic N) is 3. The van der Waals surface area contributed by atoms with Crippen molar-refractivity contribution >= 4 is 22.9 Å². The van der Waals surface area contributed by atoms with Crippen molar-refractivity contribution in [3.63, 3.8) is 0 Å². The number of aromatic nitrogens is 2. The molecule has 2 aromatic carbocycles. The van der Waals surface area contributed by atoms with Crippen molar-refractivity contribution in [1.29, 1.82) is 0 Å². The van der Waals surface area contributed by atoms with Crippen molar-refractivity contribution in [1.82, 2.24) is 20.4 Å². The van der Waals surface area contributed by atoms with Crippen molar-refractivity contribution in [2.45, 2.75) is 26.3 Å². The summed E-state index contributed by atoms with van der Waals surface area (Å²) in [6, 6.07) is 11.3. The molecule has 3 aromatic rings. The Morgan fingerprint density at radius 2 is 1.85 bits per heavy atom. The minimum Gasteiger partial charge on any atom is -0.493 e. The molecule has 1 aliphatic rings. The summed E-state index contributed by atoms with van der Waals surface area (Å²) in [6.07, 6.45) is 0.915. The van der Waals surface area contributed by atoms with Gasteiger partial charge in [0, 0.05) is 17.8 Å². The van der Waals surface area contributed by atoms with E-state index in [0.29, 0.717) is 33.9 Å². The largest absolute Gasteiger partial charge is 0.493 e. The number of ether oxygens (including phenoxy) is 2. The number of rotatable bonds is 7. The van der Waals surface area contributed by atoms with E-state index in [1.165, 1.54) is 12.1 Å². The molecule has 2 heterocycles. The second-order valence-corrected chi connectivity index (χ2v) is 7.96. The average molecular weight is 469 g/mol. The number of allylic oxidation sites excluding steroid dienone is 1. The smallest absolute Gasteiger partial charge is 0.258 e. The highest BCUT2D eigenvalue weighted by Gasteiger charge is 2.34. The summed E-state index contributed by atoms with van der Waals surface area (Å²) < 4.78 is 29.9. The molecule has 0 saturated carbocycles. The molecule has 1 atom stereocenters. The fraction of sp³-hybridized carbons (Fsp3) is 0.292. The van der Waals surface area contributed by atoms with E-state index in [0.717, 1.165) is 29.8 Å². The first-order valence-corrected chi connectivity index (χ1v) is 11.0. The minimum atomic E-state index is -0.341. The zero-order valence-electron chi connectivity index (χ0n) is 18.9. The summed E-state index contributed by atoms with van der Waals surface area (Å²) in [7, 11) is 3.19. The predicted molar refractivity (Wildman–Crippen MR) is 127 cm³/mol. The third-order valence-corrected chi connectivity index (χ3v) is 5.88. The fourth-order valence-corrected chi connectivity index (χ4v) is 4.23. The van der Waals surface area contributed by atoms with E-state index < -0.39 is 0 Å². The van der Waals surface area contributed by atoms with Crippen molar-refractivity contribution in [3.05, 3.63) is 65.4 Å². The van der Waals surface area contributed by atoms with Crippen LogP contribution >= 0.6 is 12.2 Å². The van der Waals surface area contributed by atoms with Gasteiger partial charge in [0.05, 0.1) is 25.8 Å². The van der Waals surface area contributed by atoms with E-state index in [9.17, 15) is 4.39 Å². The van der Waals surface area contributed by atoms with Crippen LogP contribution in [0.5, 0.6) is 11.5 Å². The first-order chi connectivity index (χ1) is 16.0. The second-order valence-electron chi connectivity index (χ2n) is 7.58. The van der Waals surface area contributed by atoms with Crippen LogP contribution < -0.4 is 14.8 Å². The van der Waals surface area contributed by atoms with E-state index in [2.05, 4.69) is 22.4 Å². The van der Waals surface area contributed by atoms with Gasteiger partial charge < -0.3 is 24.2 Å². The molecule has 1 N–H and O–H groups in total. The topological polar surface area (TPSA) is 72.7 Å². The average Bonchev–Trinajstić information content (AvgIpc) is 3.31. The number of thiocarbonyl (C=S) groups is 1. The summed E-state index contributed by atoms with van der Waals surface area (Å²) in [4.78, 5) is 6.66. The number of benzene rings is 2. The van der Waals surface area contributed by atoms with Crippen LogP contribution in [0.25, 0.3) is 17.0 Å². The standard InChI is InChI=1S/C24H25FN4O3S/c1-5-12-29-14(2)20(23-27-22(28-32-23)15-6-9-17(25)10-7-15)21(26-24(29)33)16-8-11-18(30-3)19(13-16)31-4/h6-11,13,21H,5,12H2,1-4H3,(H,26,33). The van der Waals surface area contributed by atoms with Gasteiger partial charge in [0.2, 0.25) is 5.82 Å². The zero-order chi connectivity index (χ0) is 23.5. The Labute approximate surface area is 197 Å². The van der Waals surface area contributed by atoms with Gasteiger partial charge in [0.15, 0.2) is 16.6 Å². The molecule has 0 saturated heterocycles. The van der Waals surface area contributed by atoms with Gasteiger partial charge in [-0.15, -0.1) is 0 Å². The predicted octanol–water partition coefficient (Wildman–Crippen LogP) is 4.97. The van der Waals surface area contributed by atoms with E-state index >= 15 is 0 Å². The summed E-state index contributed by atoms with van der Waals surface area (Å²) in [5.74, 6) is 1.66. The van der Waals surface area contributed by atoms with Crippen LogP contribution in [-0.2, 0) is 0 Å². The maximum atomic E-state index is 13.3. The Bertz CT molecular complexity index is 1190. The molecule has 1 unspecified atom stereocenters. The summed E-state index contributed by atoms with van der Waals surface area (Å²) in [5, 5.41) is 8.18. The van der Waals surface area contributed by atoms with Crippen LogP contribution in [0.2, 0.25) is 0 Å². The second kappa shape index (κ2) is 9.58. The van der Waals surface area contributed by atoms with Gasteiger partial charge in [-0.25, -0.2) is 4.39 Å². The van der Waals surface area contributed by atoms with E-state index in [4.69, 9.17) is 26.2 Å². The van der Waals surface area contributed by atoms with Crippen LogP contribution in [0.4, 0.5) is 4.39 Å². The van der Waals surface area contributed by atoms with Crippen LogP contribution in [-0.4, -0.2) is 40.9 Å². The first kappa shape index (κ1) is 22.7. The number of methoxy groups -OCH3 is 2. The molecule has 0 aliphatic carbocycles. The molecule has 172 valence electrons. The lowest BCUT2D eigenvalue weighted by atomic mass is 9.94. The molecule has 7 nitrogen and oxygen atoms in total. The van der Waals surface area contributed by atoms with Crippen molar-refractivity contribution in [2.24, 2.45) is 0 Å². The van der Waals surface area contributed by atoms with Gasteiger partial charge in [-0.05, 0) is 67.5 Å². The van der Waals surface area contributed by atoms with E-state index in [1.807, 2.05) is 30.0 Å². The lowest BCUT2D eigenvalue weighted by Gasteiger charge is -2.37. The lowest BCUT2D eigenvalue weighted by molar-refractivity contribution is 0.354. The van der Waals surface area contributed by atoms with Crippen LogP contribution in [0.15, 0.2) is 52.7 Å². The Hall–Kier alpha value is -3.46. The molecule has 1 aliphatic heterocycles. The third-order valence-electron chi connectivity index (χ3n) is 5.54. The Morgan fingerprint density at radius 3 is 2.52 bits per heavy atom. The van der Waals surface area contributed by atoms with Crippen LogP contribution in [0, 0.1) is 5.82 Å². The summed E-state index contributed by atoms with van der Waals surface area (Å²) in [6.45, 7) is 4.84. The molecule has 0 bridgehead atoms. The van der Waals surface area contributed by atoms with E-state index in [1.54, 1.807) is 26.4 Å². The van der Waals surface area contributed by atoms with E-state index in [-0.39, 0.29) is 11.9 Å². The van der Waals surface area contributed by atoms with Crippen LogP contribution in [0.1, 0.15) is 37.8 Å². The van der Waals surface area contributed by atoms with Crippen LogP contribution in [0.3, 0.4) is 0 Å². The van der Waals surface area contributed by atoms with Gasteiger partial charge in [0.1, 0.15) is 5.82 Å². The zero-order valence-corrected chi connectivity index (χ0v) is 19.7. The first-order valence-electron chi connectivity index (χ1n) is 10.6. The number of hydrogen-bond donors (Lipinski definition) is 1. The molecule has 0 amide bonds. The normalized spacial score (nSPS) is 16.1. The van der Waals surface area contributed by atoms with Crippen molar-refractivity contribution in [2.75, 3.05) is 20.8 Å². The molecule has 0 fully saturated rings. The van der Waals surface area contributed by atoms with Gasteiger partial charge in [0.25, 0.3) is 5.89 Å². The van der Waals surface area contributed by atoms with Gasteiger partial charge in [-0.1, -0.05) is 18.1 Å². The quantitative estimate of drug-likeness (QED) is 0.488. The van der Waals surface area contributed by atoms with Crippen molar-refractivity contribution < 1.29 is 18.4 Å². The van der Waals surface area contributed by atoms with Crippen molar-refractivity contribution in [3.8, 4) is 22.9 Å². The van der Waals surface area contributed by atoms with Gasteiger partial charge in [-0.2, -0.15) is 4.98 Å². The number of nitrogens with one attached hydrogen (secondary N) is 1. The Morgan fingerprint density at radius 1 is 1.12 bits per heavy atom. The molecule has 0 radical (unpaired) electrons. The van der Waals surface area contributed by atoms with Gasteiger partial charge in [-0.3, -0.25) is 0 Å². The fourth-order valence-electron chi connectivity index (χ4n) is 3.88. The SMILES string of the molecule is CCCN1C(=S)NC(c2ccc(OC)c(OC)c2)C(c2nc(-c3ccc(F)cc3)no2)=C1C. The molecule has 9 heteroatoms. The lowest BCUT2D eigenvalue weighted by Crippen LogP contribution is -2.46. The maximum absolute atomic E-state index is 13.3. The molecular weight excluding hydrogens is 443 g/mol. The molecule has 4 rings (SSSR count). The third kappa shape index (κ3) is 4.41. The highest BCUT2D eigenvalue weighted by Crippen LogP contribution is 2.40. The Kier molecular flexibility index (Phi) is 6.60. The molecular formula is C24H25FN4O3S. The summed E-state index contributed by atoms with van der Waals surface area (Å²) in [5.41, 5.74) is 3.30. The van der Waals surface area contributed by atoms with Gasteiger partial charge >= 0.3 is 0 Å². The highest BCUT2D eigenvalue weighted by atomic mass is 32.1.